The van der Waals surface area contributed by atoms with Crippen LogP contribution >= 0.6 is 27.3 Å². The van der Waals surface area contributed by atoms with Crippen molar-refractivity contribution in [1.29, 1.82) is 0 Å². The minimum Gasteiger partial charge on any atom is -0.496 e. The Labute approximate surface area is 177 Å². The summed E-state index contributed by atoms with van der Waals surface area (Å²) in [6, 6.07) is 10.2. The molecule has 0 aliphatic carbocycles. The maximum Gasteiger partial charge on any atom is 0.133 e. The van der Waals surface area contributed by atoms with Crippen molar-refractivity contribution in [3.63, 3.8) is 0 Å². The number of aliphatic hydroxyl groups excluding tert-OH is 1. The first-order valence-corrected chi connectivity index (χ1v) is 10.6. The van der Waals surface area contributed by atoms with Crippen LogP contribution in [0.1, 0.15) is 16.1 Å². The number of ether oxygens (including phenoxy) is 2. The summed E-state index contributed by atoms with van der Waals surface area (Å²) in [6.07, 6.45) is 4.08. The highest BCUT2D eigenvalue weighted by atomic mass is 79.9. The fraction of sp³-hybridized carbons (Fsp3) is 0.286. The lowest BCUT2D eigenvalue weighted by Crippen LogP contribution is -2.11. The van der Waals surface area contributed by atoms with Gasteiger partial charge in [0.25, 0.3) is 0 Å². The molecule has 3 aromatic rings. The molecule has 2 aromatic carbocycles. The van der Waals surface area contributed by atoms with Crippen LogP contribution in [0.2, 0.25) is 0 Å². The summed E-state index contributed by atoms with van der Waals surface area (Å²) in [7, 11) is 1.66. The number of halogens is 1. The van der Waals surface area contributed by atoms with Gasteiger partial charge >= 0.3 is 0 Å². The number of thiazole rings is 1. The maximum atomic E-state index is 8.74. The Hall–Kier alpha value is -1.93. The highest BCUT2D eigenvalue weighted by Crippen LogP contribution is 2.30. The third-order valence-corrected chi connectivity index (χ3v) is 5.75. The number of aliphatic hydroxyl groups is 1. The second-order valence-corrected chi connectivity index (χ2v) is 8.09. The number of nitrogens with one attached hydrogen (secondary N) is 1. The van der Waals surface area contributed by atoms with E-state index in [4.69, 9.17) is 19.6 Å². The van der Waals surface area contributed by atoms with Crippen molar-refractivity contribution in [3.8, 4) is 5.75 Å². The van der Waals surface area contributed by atoms with Gasteiger partial charge in [-0.05, 0) is 64.3 Å². The molecule has 28 heavy (non-hydrogen) atoms. The van der Waals surface area contributed by atoms with E-state index >= 15 is 0 Å². The topological polar surface area (TPSA) is 63.6 Å². The number of hydrogen-bond acceptors (Lipinski definition) is 6. The van der Waals surface area contributed by atoms with E-state index < -0.39 is 0 Å². The van der Waals surface area contributed by atoms with Gasteiger partial charge in [0.15, 0.2) is 0 Å². The normalized spacial score (nSPS) is 11.4. The second-order valence-electron chi connectivity index (χ2n) is 6.18. The number of hydrogen-bond donors (Lipinski definition) is 2. The van der Waals surface area contributed by atoms with Crippen LogP contribution in [0.4, 0.5) is 5.69 Å². The maximum absolute atomic E-state index is 8.74. The molecule has 0 saturated heterocycles. The fourth-order valence-corrected chi connectivity index (χ4v) is 4.19. The number of benzene rings is 2. The summed E-state index contributed by atoms with van der Waals surface area (Å²) in [4.78, 5) is 4.72. The molecule has 3 rings (SSSR count). The number of methoxy groups -OCH3 is 1. The molecule has 0 spiro atoms. The second kappa shape index (κ2) is 10.0. The van der Waals surface area contributed by atoms with E-state index in [0.29, 0.717) is 19.8 Å². The van der Waals surface area contributed by atoms with E-state index in [1.807, 2.05) is 30.4 Å². The minimum atomic E-state index is 0.0512. The number of rotatable bonds is 9. The zero-order chi connectivity index (χ0) is 19.9. The Morgan fingerprint density at radius 2 is 2.07 bits per heavy atom. The van der Waals surface area contributed by atoms with Gasteiger partial charge in [0, 0.05) is 12.2 Å². The summed E-state index contributed by atoms with van der Waals surface area (Å²) in [5.74, 6) is 0.814. The largest absolute Gasteiger partial charge is 0.496 e. The zero-order valence-electron chi connectivity index (χ0n) is 15.9. The van der Waals surface area contributed by atoms with Crippen LogP contribution in [0.5, 0.6) is 5.75 Å². The molecule has 0 amide bonds. The number of aryl methyl sites for hydroxylation is 1. The summed E-state index contributed by atoms with van der Waals surface area (Å²) in [5.41, 5.74) is 4.31. The number of anilines is 1. The van der Waals surface area contributed by atoms with Gasteiger partial charge in [-0.25, -0.2) is 4.98 Å². The zero-order valence-corrected chi connectivity index (χ0v) is 18.3. The van der Waals surface area contributed by atoms with Crippen molar-refractivity contribution in [2.45, 2.75) is 6.92 Å². The van der Waals surface area contributed by atoms with E-state index in [1.54, 1.807) is 18.4 Å². The van der Waals surface area contributed by atoms with E-state index in [2.05, 4.69) is 40.3 Å². The third-order valence-electron chi connectivity index (χ3n) is 4.14. The van der Waals surface area contributed by atoms with Crippen LogP contribution in [0.15, 0.2) is 34.8 Å². The molecule has 5 nitrogen and oxygen atoms in total. The third kappa shape index (κ3) is 5.32. The quantitative estimate of drug-likeness (QED) is 0.439. The minimum absolute atomic E-state index is 0.0512. The average Bonchev–Trinajstić information content (AvgIpc) is 3.08. The Balaban J connectivity index is 1.72. The number of fused-ring (bicyclic) bond motifs is 1. The molecule has 1 heterocycles. The van der Waals surface area contributed by atoms with Crippen molar-refractivity contribution in [1.82, 2.24) is 4.98 Å². The molecule has 0 radical (unpaired) electrons. The van der Waals surface area contributed by atoms with Crippen molar-refractivity contribution in [3.05, 3.63) is 50.9 Å². The first-order valence-electron chi connectivity index (χ1n) is 8.96. The van der Waals surface area contributed by atoms with Gasteiger partial charge in [-0.3, -0.25) is 0 Å². The van der Waals surface area contributed by atoms with Crippen LogP contribution in [-0.4, -0.2) is 43.6 Å². The van der Waals surface area contributed by atoms with Gasteiger partial charge in [0.05, 0.1) is 41.6 Å². The van der Waals surface area contributed by atoms with Crippen LogP contribution in [0.25, 0.3) is 22.4 Å². The standard InChI is InChI=1S/C21H23BrN2O3S/c1-14-11-18-20(13-17(14)23-7-9-27-10-8-25)28-21(24-18)6-4-15-3-5-19(26-2)16(22)12-15/h3-6,11-13,23,25H,7-10H2,1-2H3/b6-4+. The van der Waals surface area contributed by atoms with Crippen molar-refractivity contribution in [2.24, 2.45) is 0 Å². The summed E-state index contributed by atoms with van der Waals surface area (Å²) < 4.78 is 12.6. The molecule has 1 aromatic heterocycles. The van der Waals surface area contributed by atoms with Gasteiger partial charge < -0.3 is 19.9 Å². The highest BCUT2D eigenvalue weighted by Gasteiger charge is 2.06. The predicted octanol–water partition coefficient (Wildman–Crippen LogP) is 4.97. The molecule has 7 heteroatoms. The lowest BCUT2D eigenvalue weighted by Gasteiger charge is -2.09. The molecule has 148 valence electrons. The molecule has 0 bridgehead atoms. The van der Waals surface area contributed by atoms with Crippen LogP contribution in [-0.2, 0) is 4.74 Å². The molecule has 0 saturated carbocycles. The molecular weight excluding hydrogens is 440 g/mol. The molecule has 2 N–H and O–H groups in total. The van der Waals surface area contributed by atoms with E-state index in [9.17, 15) is 0 Å². The van der Waals surface area contributed by atoms with Gasteiger partial charge in [-0.1, -0.05) is 12.1 Å². The van der Waals surface area contributed by atoms with Gasteiger partial charge in [-0.15, -0.1) is 11.3 Å². The molecular formula is C21H23BrN2O3S. The Morgan fingerprint density at radius 3 is 2.82 bits per heavy atom. The first-order chi connectivity index (χ1) is 13.6. The molecule has 0 atom stereocenters. The van der Waals surface area contributed by atoms with E-state index in [-0.39, 0.29) is 6.61 Å². The summed E-state index contributed by atoms with van der Waals surface area (Å²) in [6.45, 7) is 3.75. The SMILES string of the molecule is COc1ccc(/C=C/c2nc3cc(C)c(NCCOCCO)cc3s2)cc1Br. The molecule has 0 aliphatic rings. The lowest BCUT2D eigenvalue weighted by molar-refractivity contribution is 0.0992. The number of aromatic nitrogens is 1. The first kappa shape index (κ1) is 20.8. The average molecular weight is 463 g/mol. The van der Waals surface area contributed by atoms with E-state index in [1.165, 1.54) is 0 Å². The van der Waals surface area contributed by atoms with E-state index in [0.717, 1.165) is 42.3 Å². The predicted molar refractivity (Wildman–Crippen MR) is 120 cm³/mol. The monoisotopic (exact) mass is 462 g/mol. The van der Waals surface area contributed by atoms with Gasteiger partial charge in [0.1, 0.15) is 10.8 Å². The fourth-order valence-electron chi connectivity index (χ4n) is 2.74. The Bertz CT molecular complexity index is 972. The van der Waals surface area contributed by atoms with Gasteiger partial charge in [-0.2, -0.15) is 0 Å². The van der Waals surface area contributed by atoms with Crippen molar-refractivity contribution in [2.75, 3.05) is 38.8 Å². The number of nitrogens with zero attached hydrogens (tertiary/aromatic N) is 1. The molecule has 0 aliphatic heterocycles. The van der Waals surface area contributed by atoms with Crippen molar-refractivity contribution < 1.29 is 14.6 Å². The molecule has 0 fully saturated rings. The van der Waals surface area contributed by atoms with Crippen molar-refractivity contribution >= 4 is 55.3 Å². The Kier molecular flexibility index (Phi) is 7.44. The van der Waals surface area contributed by atoms with Crippen LogP contribution < -0.4 is 10.1 Å². The molecule has 0 unspecified atom stereocenters. The van der Waals surface area contributed by atoms with Crippen LogP contribution in [0, 0.1) is 6.92 Å². The van der Waals surface area contributed by atoms with Crippen LogP contribution in [0.3, 0.4) is 0 Å². The van der Waals surface area contributed by atoms with Gasteiger partial charge in [0.2, 0.25) is 0 Å². The Morgan fingerprint density at radius 1 is 1.21 bits per heavy atom. The lowest BCUT2D eigenvalue weighted by atomic mass is 10.2. The highest BCUT2D eigenvalue weighted by molar-refractivity contribution is 9.10. The smallest absolute Gasteiger partial charge is 0.133 e. The summed E-state index contributed by atoms with van der Waals surface area (Å²) >= 11 is 5.17. The summed E-state index contributed by atoms with van der Waals surface area (Å²) in [5, 5.41) is 13.1.